The van der Waals surface area contributed by atoms with E-state index in [0.717, 1.165) is 11.2 Å². The SMILES string of the molecule is NCc1cccn2nc(Cl)nc12. The molecule has 0 fully saturated rings. The summed E-state index contributed by atoms with van der Waals surface area (Å²) in [5, 5.41) is 4.18. The molecule has 0 bridgehead atoms. The normalized spacial score (nSPS) is 10.8. The average molecular weight is 183 g/mol. The van der Waals surface area contributed by atoms with Crippen LogP contribution >= 0.6 is 11.6 Å². The smallest absolute Gasteiger partial charge is 0.243 e. The molecule has 0 spiro atoms. The fraction of sp³-hybridized carbons (Fsp3) is 0.143. The van der Waals surface area contributed by atoms with Crippen LogP contribution in [0.5, 0.6) is 0 Å². The second kappa shape index (κ2) is 2.73. The predicted octanol–water partition coefficient (Wildman–Crippen LogP) is 0.841. The van der Waals surface area contributed by atoms with Crippen molar-refractivity contribution in [2.75, 3.05) is 0 Å². The Morgan fingerprint density at radius 2 is 2.42 bits per heavy atom. The summed E-state index contributed by atoms with van der Waals surface area (Å²) in [6.07, 6.45) is 1.79. The topological polar surface area (TPSA) is 56.2 Å². The molecule has 12 heavy (non-hydrogen) atoms. The number of pyridine rings is 1. The number of halogens is 1. The third kappa shape index (κ3) is 1.05. The molecule has 0 aliphatic heterocycles. The summed E-state index contributed by atoms with van der Waals surface area (Å²) >= 11 is 5.63. The molecule has 2 aromatic rings. The average Bonchev–Trinajstić information content (AvgIpc) is 2.44. The van der Waals surface area contributed by atoms with Gasteiger partial charge in [0.1, 0.15) is 0 Å². The zero-order valence-corrected chi connectivity index (χ0v) is 6.99. The van der Waals surface area contributed by atoms with E-state index in [2.05, 4.69) is 10.1 Å². The minimum atomic E-state index is 0.246. The van der Waals surface area contributed by atoms with E-state index < -0.39 is 0 Å². The first-order valence-electron chi connectivity index (χ1n) is 3.51. The number of rotatable bonds is 1. The van der Waals surface area contributed by atoms with Gasteiger partial charge in [0.05, 0.1) is 0 Å². The molecular weight excluding hydrogens is 176 g/mol. The lowest BCUT2D eigenvalue weighted by Gasteiger charge is -1.96. The highest BCUT2D eigenvalue weighted by molar-refractivity contribution is 6.28. The van der Waals surface area contributed by atoms with Crippen LogP contribution in [0.1, 0.15) is 5.56 Å². The minimum Gasteiger partial charge on any atom is -0.326 e. The molecule has 4 nitrogen and oxygen atoms in total. The predicted molar refractivity (Wildman–Crippen MR) is 45.9 cm³/mol. The van der Waals surface area contributed by atoms with Crippen molar-refractivity contribution in [3.63, 3.8) is 0 Å². The van der Waals surface area contributed by atoms with Crippen LogP contribution in [-0.4, -0.2) is 14.6 Å². The van der Waals surface area contributed by atoms with Crippen LogP contribution in [0.25, 0.3) is 5.65 Å². The third-order valence-electron chi connectivity index (χ3n) is 1.64. The van der Waals surface area contributed by atoms with Crippen LogP contribution in [-0.2, 0) is 6.54 Å². The van der Waals surface area contributed by atoms with Crippen LogP contribution in [0.4, 0.5) is 0 Å². The lowest BCUT2D eigenvalue weighted by molar-refractivity contribution is 0.941. The molecule has 0 aliphatic carbocycles. The van der Waals surface area contributed by atoms with Crippen molar-refractivity contribution in [3.8, 4) is 0 Å². The first kappa shape index (κ1) is 7.52. The molecule has 62 valence electrons. The monoisotopic (exact) mass is 182 g/mol. The number of fused-ring (bicyclic) bond motifs is 1. The molecule has 2 N–H and O–H groups in total. The largest absolute Gasteiger partial charge is 0.326 e. The van der Waals surface area contributed by atoms with Crippen molar-refractivity contribution in [2.45, 2.75) is 6.54 Å². The maximum absolute atomic E-state index is 5.63. The van der Waals surface area contributed by atoms with Gasteiger partial charge < -0.3 is 5.73 Å². The van der Waals surface area contributed by atoms with Gasteiger partial charge >= 0.3 is 0 Å². The Kier molecular flexibility index (Phi) is 1.71. The van der Waals surface area contributed by atoms with Crippen LogP contribution in [0.15, 0.2) is 18.3 Å². The maximum Gasteiger partial charge on any atom is 0.243 e. The number of aromatic nitrogens is 3. The Labute approximate surface area is 74.0 Å². The molecular formula is C7H7ClN4. The summed E-state index contributed by atoms with van der Waals surface area (Å²) in [5.41, 5.74) is 7.17. The highest BCUT2D eigenvalue weighted by Gasteiger charge is 2.03. The fourth-order valence-corrected chi connectivity index (χ4v) is 1.26. The molecule has 2 rings (SSSR count). The van der Waals surface area contributed by atoms with Gasteiger partial charge in [0.2, 0.25) is 5.28 Å². The van der Waals surface area contributed by atoms with Crippen molar-refractivity contribution in [1.82, 2.24) is 14.6 Å². The van der Waals surface area contributed by atoms with E-state index in [4.69, 9.17) is 17.3 Å². The van der Waals surface area contributed by atoms with Gasteiger partial charge in [0, 0.05) is 18.3 Å². The van der Waals surface area contributed by atoms with Gasteiger partial charge in [0.25, 0.3) is 0 Å². The lowest BCUT2D eigenvalue weighted by Crippen LogP contribution is -1.99. The summed E-state index contributed by atoms with van der Waals surface area (Å²) in [5.74, 6) is 0. The van der Waals surface area contributed by atoms with E-state index in [1.807, 2.05) is 12.1 Å². The van der Waals surface area contributed by atoms with E-state index in [9.17, 15) is 0 Å². The van der Waals surface area contributed by atoms with Crippen molar-refractivity contribution >= 4 is 17.2 Å². The summed E-state index contributed by atoms with van der Waals surface area (Å²) < 4.78 is 1.62. The van der Waals surface area contributed by atoms with E-state index in [1.54, 1.807) is 10.7 Å². The van der Waals surface area contributed by atoms with E-state index in [0.29, 0.717) is 6.54 Å². The van der Waals surface area contributed by atoms with Gasteiger partial charge in [-0.05, 0) is 17.7 Å². The van der Waals surface area contributed by atoms with Crippen molar-refractivity contribution < 1.29 is 0 Å². The third-order valence-corrected chi connectivity index (χ3v) is 1.80. The van der Waals surface area contributed by atoms with Crippen LogP contribution < -0.4 is 5.73 Å². The van der Waals surface area contributed by atoms with Crippen molar-refractivity contribution in [1.29, 1.82) is 0 Å². The Morgan fingerprint density at radius 1 is 1.58 bits per heavy atom. The van der Waals surface area contributed by atoms with Crippen molar-refractivity contribution in [3.05, 3.63) is 29.2 Å². The van der Waals surface area contributed by atoms with Crippen molar-refractivity contribution in [2.24, 2.45) is 5.73 Å². The Bertz CT molecular complexity index is 409. The second-order valence-corrected chi connectivity index (χ2v) is 2.72. The zero-order valence-electron chi connectivity index (χ0n) is 6.24. The highest BCUT2D eigenvalue weighted by Crippen LogP contribution is 2.09. The van der Waals surface area contributed by atoms with Gasteiger partial charge in [-0.3, -0.25) is 0 Å². The van der Waals surface area contributed by atoms with E-state index in [-0.39, 0.29) is 5.28 Å². The van der Waals surface area contributed by atoms with Crippen LogP contribution in [0, 0.1) is 0 Å². The van der Waals surface area contributed by atoms with Gasteiger partial charge in [-0.1, -0.05) is 6.07 Å². The number of hydrogen-bond donors (Lipinski definition) is 1. The Morgan fingerprint density at radius 3 is 3.17 bits per heavy atom. The Hall–Kier alpha value is -1.13. The summed E-state index contributed by atoms with van der Waals surface area (Å²) in [7, 11) is 0. The standard InChI is InChI=1S/C7H7ClN4/c8-7-10-6-5(4-9)2-1-3-12(6)11-7/h1-3H,4,9H2. The summed E-state index contributed by atoms with van der Waals surface area (Å²) in [6, 6.07) is 3.76. The quantitative estimate of drug-likeness (QED) is 0.711. The van der Waals surface area contributed by atoms with Gasteiger partial charge in [-0.25, -0.2) is 4.52 Å². The molecule has 0 aliphatic rings. The van der Waals surface area contributed by atoms with Gasteiger partial charge in [-0.2, -0.15) is 4.98 Å². The number of nitrogens with zero attached hydrogens (tertiary/aromatic N) is 3. The second-order valence-electron chi connectivity index (χ2n) is 2.39. The number of hydrogen-bond acceptors (Lipinski definition) is 3. The molecule has 0 saturated heterocycles. The lowest BCUT2D eigenvalue weighted by atomic mass is 10.3. The molecule has 0 radical (unpaired) electrons. The maximum atomic E-state index is 5.63. The molecule has 0 amide bonds. The molecule has 0 saturated carbocycles. The molecule has 0 atom stereocenters. The molecule has 0 aromatic carbocycles. The number of nitrogens with two attached hydrogens (primary N) is 1. The Balaban J connectivity index is 2.78. The van der Waals surface area contributed by atoms with Gasteiger partial charge in [0.15, 0.2) is 5.65 Å². The summed E-state index contributed by atoms with van der Waals surface area (Å²) in [6.45, 7) is 0.444. The summed E-state index contributed by atoms with van der Waals surface area (Å²) in [4.78, 5) is 4.02. The van der Waals surface area contributed by atoms with Crippen LogP contribution in [0.2, 0.25) is 5.28 Å². The molecule has 5 heteroatoms. The minimum absolute atomic E-state index is 0.246. The van der Waals surface area contributed by atoms with Gasteiger partial charge in [-0.15, -0.1) is 5.10 Å². The molecule has 0 unspecified atom stereocenters. The van der Waals surface area contributed by atoms with E-state index >= 15 is 0 Å². The molecule has 2 heterocycles. The van der Waals surface area contributed by atoms with E-state index in [1.165, 1.54) is 0 Å². The first-order chi connectivity index (χ1) is 5.81. The zero-order chi connectivity index (χ0) is 8.55. The fourth-order valence-electron chi connectivity index (χ4n) is 1.09. The van der Waals surface area contributed by atoms with Crippen LogP contribution in [0.3, 0.4) is 0 Å². The first-order valence-corrected chi connectivity index (χ1v) is 3.89. The highest BCUT2D eigenvalue weighted by atomic mass is 35.5. The molecule has 2 aromatic heterocycles.